The van der Waals surface area contributed by atoms with Crippen LogP contribution < -0.4 is 10.9 Å². The van der Waals surface area contributed by atoms with Crippen molar-refractivity contribution in [1.82, 2.24) is 14.8 Å². The van der Waals surface area contributed by atoms with E-state index >= 15 is 0 Å². The van der Waals surface area contributed by atoms with Crippen LogP contribution in [0, 0.1) is 10.1 Å². The fourth-order valence-electron chi connectivity index (χ4n) is 3.96. The van der Waals surface area contributed by atoms with Gasteiger partial charge in [-0.1, -0.05) is 43.5 Å². The molecule has 30 heavy (non-hydrogen) atoms. The highest BCUT2D eigenvalue weighted by molar-refractivity contribution is 5.75. The number of nitro groups is 1. The quantitative estimate of drug-likeness (QED) is 0.531. The molecule has 8 nitrogen and oxygen atoms in total. The lowest BCUT2D eigenvalue weighted by atomic mass is 9.94. The Hall–Kier alpha value is -3.00. The highest BCUT2D eigenvalue weighted by Gasteiger charge is 2.19. The van der Waals surface area contributed by atoms with Crippen molar-refractivity contribution in [3.8, 4) is 0 Å². The van der Waals surface area contributed by atoms with Gasteiger partial charge in [-0.15, -0.1) is 0 Å². The first-order chi connectivity index (χ1) is 14.4. The number of hydrogen-bond acceptors (Lipinski definition) is 5. The Bertz CT molecular complexity index is 950. The second-order valence-corrected chi connectivity index (χ2v) is 7.86. The number of carbonyl (C=O) groups is 1. The second kappa shape index (κ2) is 10.2. The van der Waals surface area contributed by atoms with E-state index in [9.17, 15) is 19.7 Å². The summed E-state index contributed by atoms with van der Waals surface area (Å²) in [4.78, 5) is 36.9. The molecule has 0 radical (unpaired) electrons. The van der Waals surface area contributed by atoms with Crippen LogP contribution in [0.4, 0.5) is 5.69 Å². The summed E-state index contributed by atoms with van der Waals surface area (Å²) in [7, 11) is 2.15. The van der Waals surface area contributed by atoms with Crippen molar-refractivity contribution in [3.63, 3.8) is 0 Å². The van der Waals surface area contributed by atoms with Crippen molar-refractivity contribution in [2.24, 2.45) is 0 Å². The largest absolute Gasteiger partial charge is 0.350 e. The van der Waals surface area contributed by atoms with Crippen molar-refractivity contribution in [2.45, 2.75) is 57.8 Å². The van der Waals surface area contributed by atoms with E-state index in [0.29, 0.717) is 12.6 Å². The Labute approximate surface area is 175 Å². The first-order valence-corrected chi connectivity index (χ1v) is 10.3. The molecule has 1 amide bonds. The van der Waals surface area contributed by atoms with Crippen molar-refractivity contribution >= 4 is 11.6 Å². The maximum atomic E-state index is 12.3. The number of benzene rings is 1. The van der Waals surface area contributed by atoms with Crippen molar-refractivity contribution in [1.29, 1.82) is 0 Å². The first kappa shape index (κ1) is 21.7. The Morgan fingerprint density at radius 2 is 1.87 bits per heavy atom. The molecule has 1 fully saturated rings. The summed E-state index contributed by atoms with van der Waals surface area (Å²) in [6, 6.07) is 10.8. The van der Waals surface area contributed by atoms with Crippen LogP contribution in [0.15, 0.2) is 47.4 Å². The van der Waals surface area contributed by atoms with Gasteiger partial charge < -0.3 is 5.32 Å². The van der Waals surface area contributed by atoms with Crippen LogP contribution >= 0.6 is 0 Å². The maximum absolute atomic E-state index is 12.3. The van der Waals surface area contributed by atoms with E-state index in [1.807, 2.05) is 18.2 Å². The van der Waals surface area contributed by atoms with Crippen LogP contribution in [-0.4, -0.2) is 33.4 Å². The molecule has 2 aromatic rings. The summed E-state index contributed by atoms with van der Waals surface area (Å²) in [5, 5.41) is 13.7. The lowest BCUT2D eigenvalue weighted by Gasteiger charge is -2.31. The lowest BCUT2D eigenvalue weighted by Crippen LogP contribution is -2.34. The molecule has 1 aromatic heterocycles. The number of carbonyl (C=O) groups excluding carboxylic acids is 1. The molecule has 0 unspecified atom stereocenters. The summed E-state index contributed by atoms with van der Waals surface area (Å²) < 4.78 is 1.05. The summed E-state index contributed by atoms with van der Waals surface area (Å²) >= 11 is 0. The SMILES string of the molecule is CN(Cc1ccccc1CNC(=O)Cn1cc([N+](=O)[O-])ccc1=O)C1CCCCC1. The van der Waals surface area contributed by atoms with Crippen molar-refractivity contribution in [2.75, 3.05) is 7.05 Å². The molecule has 1 aromatic carbocycles. The van der Waals surface area contributed by atoms with Crippen LogP contribution in [0.5, 0.6) is 0 Å². The minimum Gasteiger partial charge on any atom is -0.350 e. The molecule has 0 aliphatic heterocycles. The third-order valence-corrected chi connectivity index (χ3v) is 5.70. The van der Waals surface area contributed by atoms with Crippen molar-refractivity contribution < 1.29 is 9.72 Å². The molecule has 0 spiro atoms. The predicted molar refractivity (Wildman–Crippen MR) is 114 cm³/mol. The Balaban J connectivity index is 1.61. The molecular weight excluding hydrogens is 384 g/mol. The topological polar surface area (TPSA) is 97.5 Å². The fourth-order valence-corrected chi connectivity index (χ4v) is 3.96. The number of rotatable bonds is 8. The van der Waals surface area contributed by atoms with Gasteiger partial charge in [0.2, 0.25) is 5.91 Å². The minimum absolute atomic E-state index is 0.224. The van der Waals surface area contributed by atoms with E-state index in [1.54, 1.807) is 0 Å². The Kier molecular flexibility index (Phi) is 7.35. The zero-order chi connectivity index (χ0) is 21.5. The van der Waals surface area contributed by atoms with Gasteiger partial charge in [0.15, 0.2) is 0 Å². The van der Waals surface area contributed by atoms with Crippen LogP contribution in [-0.2, 0) is 24.4 Å². The van der Waals surface area contributed by atoms with Gasteiger partial charge in [0.1, 0.15) is 6.54 Å². The number of hydrogen-bond donors (Lipinski definition) is 1. The Morgan fingerprint density at radius 3 is 2.57 bits per heavy atom. The lowest BCUT2D eigenvalue weighted by molar-refractivity contribution is -0.385. The predicted octanol–water partition coefficient (Wildman–Crippen LogP) is 2.84. The molecule has 1 heterocycles. The smallest absolute Gasteiger partial charge is 0.285 e. The zero-order valence-corrected chi connectivity index (χ0v) is 17.3. The summed E-state index contributed by atoms with van der Waals surface area (Å²) in [5.74, 6) is -0.368. The highest BCUT2D eigenvalue weighted by atomic mass is 16.6. The van der Waals surface area contributed by atoms with Gasteiger partial charge in [0.25, 0.3) is 11.2 Å². The normalized spacial score (nSPS) is 14.6. The van der Waals surface area contributed by atoms with E-state index in [1.165, 1.54) is 37.7 Å². The average Bonchev–Trinajstić information content (AvgIpc) is 2.75. The molecule has 0 atom stereocenters. The average molecular weight is 412 g/mol. The fraction of sp³-hybridized carbons (Fsp3) is 0.455. The molecule has 0 bridgehead atoms. The standard InChI is InChI=1S/C22H28N4O4/c1-24(19-9-3-2-4-10-19)14-18-8-6-5-7-17(18)13-23-21(27)16-25-15-20(26(29)30)11-12-22(25)28/h5-8,11-12,15,19H,2-4,9-10,13-14,16H2,1H3,(H,23,27). The van der Waals surface area contributed by atoms with E-state index in [-0.39, 0.29) is 18.1 Å². The monoisotopic (exact) mass is 412 g/mol. The molecule has 0 saturated heterocycles. The van der Waals surface area contributed by atoms with Crippen LogP contribution in [0.25, 0.3) is 0 Å². The summed E-state index contributed by atoms with van der Waals surface area (Å²) in [6.45, 7) is 0.906. The molecule has 8 heteroatoms. The minimum atomic E-state index is -0.590. The maximum Gasteiger partial charge on any atom is 0.285 e. The van der Waals surface area contributed by atoms with E-state index < -0.39 is 10.5 Å². The van der Waals surface area contributed by atoms with Gasteiger partial charge in [0.05, 0.1) is 11.1 Å². The van der Waals surface area contributed by atoms with Crippen molar-refractivity contribution in [3.05, 3.63) is 74.2 Å². The molecule has 1 N–H and O–H groups in total. The van der Waals surface area contributed by atoms with E-state index in [2.05, 4.69) is 23.3 Å². The molecule has 1 aliphatic rings. The van der Waals surface area contributed by atoms with Crippen LogP contribution in [0.3, 0.4) is 0 Å². The number of pyridine rings is 1. The molecular formula is C22H28N4O4. The number of aromatic nitrogens is 1. The molecule has 160 valence electrons. The van der Waals surface area contributed by atoms with Crippen LogP contribution in [0.2, 0.25) is 0 Å². The molecule has 3 rings (SSSR count). The van der Waals surface area contributed by atoms with E-state index in [0.717, 1.165) is 35.0 Å². The summed E-state index contributed by atoms with van der Waals surface area (Å²) in [6.07, 6.45) is 7.43. The number of nitrogens with one attached hydrogen (secondary N) is 1. The zero-order valence-electron chi connectivity index (χ0n) is 17.3. The van der Waals surface area contributed by atoms with Gasteiger partial charge in [-0.05, 0) is 31.0 Å². The van der Waals surface area contributed by atoms with Gasteiger partial charge in [-0.25, -0.2) is 0 Å². The third-order valence-electron chi connectivity index (χ3n) is 5.70. The number of nitrogens with zero attached hydrogens (tertiary/aromatic N) is 3. The van der Waals surface area contributed by atoms with E-state index in [4.69, 9.17) is 0 Å². The molecule has 1 saturated carbocycles. The Morgan fingerprint density at radius 1 is 1.17 bits per heavy atom. The van der Waals surface area contributed by atoms with Gasteiger partial charge in [-0.3, -0.25) is 29.2 Å². The second-order valence-electron chi connectivity index (χ2n) is 7.86. The number of amides is 1. The van der Waals surface area contributed by atoms with Gasteiger partial charge in [0, 0.05) is 31.3 Å². The summed E-state index contributed by atoms with van der Waals surface area (Å²) in [5.41, 5.74) is 1.52. The third kappa shape index (κ3) is 5.76. The van der Waals surface area contributed by atoms with Gasteiger partial charge in [-0.2, -0.15) is 0 Å². The van der Waals surface area contributed by atoms with Crippen LogP contribution in [0.1, 0.15) is 43.2 Å². The first-order valence-electron chi connectivity index (χ1n) is 10.3. The molecule has 1 aliphatic carbocycles. The van der Waals surface area contributed by atoms with Gasteiger partial charge >= 0.3 is 0 Å². The highest BCUT2D eigenvalue weighted by Crippen LogP contribution is 2.23.